The van der Waals surface area contributed by atoms with Gasteiger partial charge in [0.2, 0.25) is 0 Å². The van der Waals surface area contributed by atoms with Crippen LogP contribution in [0.5, 0.6) is 0 Å². The summed E-state index contributed by atoms with van der Waals surface area (Å²) < 4.78 is 5.20. The van der Waals surface area contributed by atoms with Crippen molar-refractivity contribution in [1.29, 1.82) is 0 Å². The van der Waals surface area contributed by atoms with E-state index in [9.17, 15) is 4.79 Å². The molecule has 2 atom stereocenters. The van der Waals surface area contributed by atoms with Crippen LogP contribution in [-0.4, -0.2) is 24.2 Å². The molecule has 0 aromatic rings. The van der Waals surface area contributed by atoms with Crippen molar-refractivity contribution in [2.45, 2.75) is 64.5 Å². The highest BCUT2D eigenvalue weighted by Crippen LogP contribution is 2.26. The fourth-order valence-corrected chi connectivity index (χ4v) is 2.14. The van der Waals surface area contributed by atoms with Gasteiger partial charge in [0.15, 0.2) is 0 Å². The predicted octanol–water partition coefficient (Wildman–Crippen LogP) is 2.25. The van der Waals surface area contributed by atoms with Crippen molar-refractivity contribution in [3.8, 4) is 0 Å². The Morgan fingerprint density at radius 2 is 2.20 bits per heavy atom. The van der Waals surface area contributed by atoms with Crippen LogP contribution in [0.3, 0.4) is 0 Å². The van der Waals surface area contributed by atoms with Crippen molar-refractivity contribution < 1.29 is 9.53 Å². The minimum absolute atomic E-state index is 0.0806. The van der Waals surface area contributed by atoms with Crippen molar-refractivity contribution in [3.63, 3.8) is 0 Å². The van der Waals surface area contributed by atoms with Gasteiger partial charge in [0.1, 0.15) is 5.54 Å². The third-order valence-electron chi connectivity index (χ3n) is 3.04. The van der Waals surface area contributed by atoms with E-state index in [-0.39, 0.29) is 5.97 Å². The lowest BCUT2D eigenvalue weighted by atomic mass is 10.0. The molecule has 0 radical (unpaired) electrons. The first-order chi connectivity index (χ1) is 7.12. The normalized spacial score (nSPS) is 30.5. The van der Waals surface area contributed by atoms with Crippen LogP contribution in [0.4, 0.5) is 0 Å². The van der Waals surface area contributed by atoms with Gasteiger partial charge < -0.3 is 4.74 Å². The van der Waals surface area contributed by atoms with E-state index in [2.05, 4.69) is 12.2 Å². The molecule has 0 aromatic carbocycles. The van der Waals surface area contributed by atoms with E-state index >= 15 is 0 Å². The summed E-state index contributed by atoms with van der Waals surface area (Å²) in [4.78, 5) is 11.8. The van der Waals surface area contributed by atoms with Gasteiger partial charge in [0.05, 0.1) is 6.61 Å². The molecule has 1 fully saturated rings. The number of nitrogens with one attached hydrogen (secondary N) is 1. The number of esters is 1. The van der Waals surface area contributed by atoms with E-state index in [1.54, 1.807) is 0 Å². The van der Waals surface area contributed by atoms with E-state index in [4.69, 9.17) is 4.74 Å². The van der Waals surface area contributed by atoms with Crippen molar-refractivity contribution in [3.05, 3.63) is 0 Å². The van der Waals surface area contributed by atoms with E-state index in [1.165, 1.54) is 0 Å². The van der Waals surface area contributed by atoms with E-state index < -0.39 is 5.54 Å². The largest absolute Gasteiger partial charge is 0.464 e. The maximum atomic E-state index is 11.8. The Labute approximate surface area is 92.6 Å². The number of carbonyl (C=O) groups excluding carboxylic acids is 1. The summed E-state index contributed by atoms with van der Waals surface area (Å²) in [7, 11) is 0. The van der Waals surface area contributed by atoms with Gasteiger partial charge in [0.25, 0.3) is 0 Å². The van der Waals surface area contributed by atoms with Gasteiger partial charge in [-0.05, 0) is 32.6 Å². The van der Waals surface area contributed by atoms with Crippen molar-refractivity contribution in [2.24, 2.45) is 0 Å². The summed E-state index contributed by atoms with van der Waals surface area (Å²) in [6.07, 6.45) is 5.19. The van der Waals surface area contributed by atoms with Crippen LogP contribution in [-0.2, 0) is 9.53 Å². The Kier molecular flexibility index (Phi) is 4.58. The number of ether oxygens (including phenoxy) is 1. The zero-order valence-electron chi connectivity index (χ0n) is 10.1. The standard InChI is InChI=1S/C12H23NO2/c1-4-6-10-7-8-12(3,13-10)11(14)15-9-5-2/h10,13H,4-9H2,1-3H3. The molecule has 2 unspecified atom stereocenters. The predicted molar refractivity (Wildman–Crippen MR) is 60.7 cm³/mol. The van der Waals surface area contributed by atoms with Crippen LogP contribution in [0, 0.1) is 0 Å². The van der Waals surface area contributed by atoms with Crippen LogP contribution in [0.2, 0.25) is 0 Å². The van der Waals surface area contributed by atoms with Gasteiger partial charge in [-0.15, -0.1) is 0 Å². The smallest absolute Gasteiger partial charge is 0.326 e. The SMILES string of the molecule is CCCOC(=O)C1(C)CCC(CCC)N1. The molecule has 15 heavy (non-hydrogen) atoms. The summed E-state index contributed by atoms with van der Waals surface area (Å²) in [5, 5.41) is 3.40. The molecule has 1 aliphatic heterocycles. The molecule has 0 amide bonds. The Bertz CT molecular complexity index is 218. The highest BCUT2D eigenvalue weighted by molar-refractivity contribution is 5.80. The van der Waals surface area contributed by atoms with Gasteiger partial charge in [-0.1, -0.05) is 20.3 Å². The first kappa shape index (κ1) is 12.5. The van der Waals surface area contributed by atoms with Gasteiger partial charge >= 0.3 is 5.97 Å². The van der Waals surface area contributed by atoms with Crippen molar-refractivity contribution in [2.75, 3.05) is 6.61 Å². The maximum Gasteiger partial charge on any atom is 0.326 e. The zero-order chi connectivity index (χ0) is 11.3. The van der Waals surface area contributed by atoms with Gasteiger partial charge in [-0.3, -0.25) is 10.1 Å². The molecule has 1 N–H and O–H groups in total. The summed E-state index contributed by atoms with van der Waals surface area (Å²) in [5.41, 5.74) is -0.436. The number of hydrogen-bond acceptors (Lipinski definition) is 3. The summed E-state index contributed by atoms with van der Waals surface area (Å²) in [6, 6.07) is 0.495. The molecule has 0 aromatic heterocycles. The number of rotatable bonds is 5. The van der Waals surface area contributed by atoms with Gasteiger partial charge in [0, 0.05) is 6.04 Å². The Morgan fingerprint density at radius 3 is 2.80 bits per heavy atom. The minimum atomic E-state index is -0.436. The van der Waals surface area contributed by atoms with E-state index in [0.717, 1.165) is 32.1 Å². The topological polar surface area (TPSA) is 38.3 Å². The van der Waals surface area contributed by atoms with Crippen molar-refractivity contribution >= 4 is 5.97 Å². The molecule has 0 bridgehead atoms. The van der Waals surface area contributed by atoms with E-state index in [1.807, 2.05) is 13.8 Å². The Hall–Kier alpha value is -0.570. The average Bonchev–Trinajstić information content (AvgIpc) is 2.59. The lowest BCUT2D eigenvalue weighted by Crippen LogP contribution is -2.48. The number of hydrogen-bond donors (Lipinski definition) is 1. The van der Waals surface area contributed by atoms with E-state index in [0.29, 0.717) is 12.6 Å². The minimum Gasteiger partial charge on any atom is -0.464 e. The average molecular weight is 213 g/mol. The van der Waals surface area contributed by atoms with Gasteiger partial charge in [-0.25, -0.2) is 0 Å². The summed E-state index contributed by atoms with van der Waals surface area (Å²) >= 11 is 0. The quantitative estimate of drug-likeness (QED) is 0.712. The second-order valence-electron chi connectivity index (χ2n) is 4.64. The second kappa shape index (κ2) is 5.50. The third kappa shape index (κ3) is 3.20. The monoisotopic (exact) mass is 213 g/mol. The fraction of sp³-hybridized carbons (Fsp3) is 0.917. The van der Waals surface area contributed by atoms with Crippen LogP contribution < -0.4 is 5.32 Å². The molecular formula is C12H23NO2. The molecule has 1 rings (SSSR count). The molecule has 1 saturated heterocycles. The Morgan fingerprint density at radius 1 is 1.47 bits per heavy atom. The molecule has 0 spiro atoms. The molecule has 0 aliphatic carbocycles. The lowest BCUT2D eigenvalue weighted by Gasteiger charge is -2.23. The molecule has 0 saturated carbocycles. The first-order valence-electron chi connectivity index (χ1n) is 6.07. The first-order valence-corrected chi connectivity index (χ1v) is 6.07. The Balaban J connectivity index is 2.43. The van der Waals surface area contributed by atoms with Crippen LogP contribution in [0.1, 0.15) is 52.9 Å². The number of carbonyl (C=O) groups is 1. The molecule has 3 heteroatoms. The maximum absolute atomic E-state index is 11.8. The fourth-order valence-electron chi connectivity index (χ4n) is 2.14. The molecular weight excluding hydrogens is 190 g/mol. The highest BCUT2D eigenvalue weighted by atomic mass is 16.5. The lowest BCUT2D eigenvalue weighted by molar-refractivity contribution is -0.150. The highest BCUT2D eigenvalue weighted by Gasteiger charge is 2.41. The summed E-state index contributed by atoms with van der Waals surface area (Å²) in [6.45, 7) is 6.68. The molecule has 1 heterocycles. The molecule has 1 aliphatic rings. The van der Waals surface area contributed by atoms with Crippen LogP contribution in [0.15, 0.2) is 0 Å². The molecule has 3 nitrogen and oxygen atoms in total. The molecule has 88 valence electrons. The van der Waals surface area contributed by atoms with Gasteiger partial charge in [-0.2, -0.15) is 0 Å². The second-order valence-corrected chi connectivity index (χ2v) is 4.64. The summed E-state index contributed by atoms with van der Waals surface area (Å²) in [5.74, 6) is -0.0806. The zero-order valence-corrected chi connectivity index (χ0v) is 10.1. The van der Waals surface area contributed by atoms with Crippen LogP contribution >= 0.6 is 0 Å². The van der Waals surface area contributed by atoms with Crippen molar-refractivity contribution in [1.82, 2.24) is 5.32 Å². The third-order valence-corrected chi connectivity index (χ3v) is 3.04. The van der Waals surface area contributed by atoms with Crippen LogP contribution in [0.25, 0.3) is 0 Å².